The van der Waals surface area contributed by atoms with Crippen LogP contribution in [0.3, 0.4) is 0 Å². The molecule has 4 rings (SSSR count). The van der Waals surface area contributed by atoms with Gasteiger partial charge in [-0.2, -0.15) is 15.8 Å². The van der Waals surface area contributed by atoms with Gasteiger partial charge in [0.1, 0.15) is 6.10 Å². The van der Waals surface area contributed by atoms with E-state index in [1.807, 2.05) is 13.0 Å². The van der Waals surface area contributed by atoms with E-state index in [9.17, 15) is 15.3 Å². The summed E-state index contributed by atoms with van der Waals surface area (Å²) in [5.74, 6) is 1.44. The predicted octanol–water partition coefficient (Wildman–Crippen LogP) is 5.69. The smallest absolute Gasteiger partial charge is 0.293 e. The molecule has 0 aliphatic heterocycles. The Morgan fingerprint density at radius 3 is 2.45 bits per heavy atom. The third-order valence-corrected chi connectivity index (χ3v) is 9.03. The predicted molar refractivity (Wildman–Crippen MR) is 117 cm³/mol. The lowest BCUT2D eigenvalue weighted by Gasteiger charge is -2.58. The van der Waals surface area contributed by atoms with Crippen LogP contribution in [0.1, 0.15) is 78.6 Å². The molecular weight excluding hydrogens is 386 g/mol. The van der Waals surface area contributed by atoms with Gasteiger partial charge in [-0.1, -0.05) is 32.4 Å². The van der Waals surface area contributed by atoms with Gasteiger partial charge in [-0.25, -0.2) is 0 Å². The summed E-state index contributed by atoms with van der Waals surface area (Å²) in [7, 11) is 0. The highest BCUT2D eigenvalue weighted by molar-refractivity contribution is 5.38. The van der Waals surface area contributed by atoms with Gasteiger partial charge >= 0.3 is 0 Å². The largest absolute Gasteiger partial charge is 0.464 e. The van der Waals surface area contributed by atoms with Crippen LogP contribution >= 0.6 is 0 Å². The van der Waals surface area contributed by atoms with Crippen LogP contribution < -0.4 is 0 Å². The van der Waals surface area contributed by atoms with Crippen LogP contribution in [0.5, 0.6) is 0 Å². The number of rotatable bonds is 3. The SMILES string of the molecule is CC12CCC(OC=O)CC1=CC(C#N)C1C2CCC2(C)C(C#N)CCC12.CCCC#N. The Bertz CT molecular complexity index is 831. The Kier molecular flexibility index (Phi) is 7.11. The van der Waals surface area contributed by atoms with E-state index < -0.39 is 0 Å². The molecule has 0 amide bonds. The zero-order valence-electron chi connectivity index (χ0n) is 19.1. The molecule has 0 aromatic carbocycles. The highest BCUT2D eigenvalue weighted by atomic mass is 16.5. The van der Waals surface area contributed by atoms with Gasteiger partial charge in [-0.15, -0.1) is 0 Å². The van der Waals surface area contributed by atoms with E-state index in [0.29, 0.717) is 30.6 Å². The molecule has 8 unspecified atom stereocenters. The number of nitrogens with zero attached hydrogens (tertiary/aromatic N) is 3. The fourth-order valence-corrected chi connectivity index (χ4v) is 7.29. The first-order valence-corrected chi connectivity index (χ1v) is 11.9. The molecule has 8 atom stereocenters. The van der Waals surface area contributed by atoms with Crippen molar-refractivity contribution in [2.45, 2.75) is 84.7 Å². The minimum Gasteiger partial charge on any atom is -0.464 e. The minimum atomic E-state index is -0.0693. The highest BCUT2D eigenvalue weighted by Crippen LogP contribution is 2.67. The fourth-order valence-electron chi connectivity index (χ4n) is 7.29. The maximum atomic E-state index is 10.8. The van der Waals surface area contributed by atoms with E-state index in [4.69, 9.17) is 10.00 Å². The molecule has 5 heteroatoms. The van der Waals surface area contributed by atoms with Gasteiger partial charge in [0.25, 0.3) is 6.47 Å². The highest BCUT2D eigenvalue weighted by Gasteiger charge is 2.61. The number of carbonyl (C=O) groups is 1. The molecule has 0 spiro atoms. The molecule has 4 aliphatic carbocycles. The van der Waals surface area contributed by atoms with E-state index in [-0.39, 0.29) is 28.8 Å². The maximum Gasteiger partial charge on any atom is 0.293 e. The van der Waals surface area contributed by atoms with Crippen LogP contribution in [-0.4, -0.2) is 12.6 Å². The topological polar surface area (TPSA) is 97.7 Å². The molecule has 0 bridgehead atoms. The Morgan fingerprint density at radius 1 is 1.10 bits per heavy atom. The van der Waals surface area contributed by atoms with Gasteiger partial charge in [-0.3, -0.25) is 4.79 Å². The van der Waals surface area contributed by atoms with Crippen molar-refractivity contribution in [3.63, 3.8) is 0 Å². The number of unbranched alkanes of at least 4 members (excludes halogenated alkanes) is 1. The second-order valence-corrected chi connectivity index (χ2v) is 10.4. The van der Waals surface area contributed by atoms with Crippen molar-refractivity contribution in [2.75, 3.05) is 0 Å². The van der Waals surface area contributed by atoms with Gasteiger partial charge < -0.3 is 4.74 Å². The van der Waals surface area contributed by atoms with Crippen LogP contribution in [-0.2, 0) is 9.53 Å². The molecular formula is C26H35N3O2. The lowest BCUT2D eigenvalue weighted by Crippen LogP contribution is -2.53. The van der Waals surface area contributed by atoms with Gasteiger partial charge in [0.15, 0.2) is 0 Å². The molecule has 0 aromatic heterocycles. The van der Waals surface area contributed by atoms with Crippen molar-refractivity contribution in [3.8, 4) is 18.2 Å². The maximum absolute atomic E-state index is 10.8. The molecule has 4 aliphatic rings. The van der Waals surface area contributed by atoms with E-state index in [2.05, 4.69) is 32.1 Å². The molecule has 0 heterocycles. The number of fused-ring (bicyclic) bond motifs is 5. The number of ether oxygens (including phenoxy) is 1. The molecule has 0 aromatic rings. The monoisotopic (exact) mass is 421 g/mol. The van der Waals surface area contributed by atoms with Crippen molar-refractivity contribution in [2.24, 2.45) is 40.4 Å². The molecule has 0 radical (unpaired) electrons. The zero-order chi connectivity index (χ0) is 22.6. The van der Waals surface area contributed by atoms with Crippen molar-refractivity contribution in [3.05, 3.63) is 11.6 Å². The van der Waals surface area contributed by atoms with Gasteiger partial charge in [0.05, 0.1) is 30.0 Å². The molecule has 31 heavy (non-hydrogen) atoms. The summed E-state index contributed by atoms with van der Waals surface area (Å²) in [6.45, 7) is 7.23. The number of hydrogen-bond donors (Lipinski definition) is 0. The molecule has 3 fully saturated rings. The summed E-state index contributed by atoms with van der Waals surface area (Å²) in [6.07, 6.45) is 10.9. The van der Waals surface area contributed by atoms with Gasteiger partial charge in [-0.05, 0) is 73.5 Å². The average molecular weight is 422 g/mol. The van der Waals surface area contributed by atoms with Gasteiger partial charge in [0, 0.05) is 12.8 Å². The Morgan fingerprint density at radius 2 is 1.87 bits per heavy atom. The summed E-state index contributed by atoms with van der Waals surface area (Å²) in [5.41, 5.74) is 1.53. The van der Waals surface area contributed by atoms with Crippen molar-refractivity contribution in [1.82, 2.24) is 0 Å². The van der Waals surface area contributed by atoms with Crippen LogP contribution in [0.25, 0.3) is 0 Å². The quantitative estimate of drug-likeness (QED) is 0.430. The van der Waals surface area contributed by atoms with Crippen LogP contribution in [0, 0.1) is 74.4 Å². The first-order valence-electron chi connectivity index (χ1n) is 11.9. The second kappa shape index (κ2) is 9.44. The summed E-state index contributed by atoms with van der Waals surface area (Å²) in [5, 5.41) is 27.4. The molecule has 3 saturated carbocycles. The third-order valence-electron chi connectivity index (χ3n) is 9.03. The Hall–Kier alpha value is -2.32. The number of allylic oxidation sites excluding steroid dienone is 1. The zero-order valence-corrected chi connectivity index (χ0v) is 19.1. The second-order valence-electron chi connectivity index (χ2n) is 10.4. The van der Waals surface area contributed by atoms with Crippen LogP contribution in [0.2, 0.25) is 0 Å². The van der Waals surface area contributed by atoms with E-state index >= 15 is 0 Å². The molecule has 166 valence electrons. The van der Waals surface area contributed by atoms with E-state index in [1.165, 1.54) is 5.57 Å². The van der Waals surface area contributed by atoms with Gasteiger partial charge in [0.2, 0.25) is 0 Å². The molecule has 0 N–H and O–H groups in total. The first-order chi connectivity index (χ1) is 14.9. The number of hydrogen-bond acceptors (Lipinski definition) is 5. The lowest BCUT2D eigenvalue weighted by atomic mass is 9.45. The fraction of sp³-hybridized carbons (Fsp3) is 0.769. The normalized spacial score (nSPS) is 42.5. The summed E-state index contributed by atoms with van der Waals surface area (Å²) >= 11 is 0. The average Bonchev–Trinajstić information content (AvgIpc) is 3.11. The number of nitriles is 3. The Labute approximate surface area is 187 Å². The Balaban J connectivity index is 0.000000491. The summed E-state index contributed by atoms with van der Waals surface area (Å²) in [4.78, 5) is 10.8. The van der Waals surface area contributed by atoms with E-state index in [0.717, 1.165) is 51.4 Å². The number of carbonyl (C=O) groups excluding carboxylic acids is 1. The summed E-state index contributed by atoms with van der Waals surface area (Å²) in [6, 6.07) is 7.18. The van der Waals surface area contributed by atoms with Crippen molar-refractivity contribution < 1.29 is 9.53 Å². The minimum absolute atomic E-state index is 0.0361. The van der Waals surface area contributed by atoms with Crippen LogP contribution in [0.15, 0.2) is 11.6 Å². The van der Waals surface area contributed by atoms with Crippen molar-refractivity contribution in [1.29, 1.82) is 15.8 Å². The molecule has 5 nitrogen and oxygen atoms in total. The standard InChI is InChI=1S/C22H28N2O2.C4H7N/c1-21-8-6-19-20(18(21)4-3-15(21)12-24)14(11-23)9-16-10-17(26-13-25)5-7-22(16,19)2;1-2-3-4-5/h9,13-15,17-20H,3-8,10H2,1-2H3;2-3H2,1H3. The lowest BCUT2D eigenvalue weighted by molar-refractivity contribution is -0.136. The van der Waals surface area contributed by atoms with E-state index in [1.54, 1.807) is 0 Å². The summed E-state index contributed by atoms with van der Waals surface area (Å²) < 4.78 is 5.26. The first kappa shape index (κ1) is 23.3. The molecule has 0 saturated heterocycles. The van der Waals surface area contributed by atoms with Crippen molar-refractivity contribution >= 4 is 6.47 Å². The van der Waals surface area contributed by atoms with Crippen LogP contribution in [0.4, 0.5) is 0 Å². The third kappa shape index (κ3) is 3.99.